The Bertz CT molecular complexity index is 196. The van der Waals surface area contributed by atoms with Crippen LogP contribution in [-0.2, 0) is 0 Å². The molecule has 0 amide bonds. The Morgan fingerprint density at radius 2 is 2.36 bits per heavy atom. The van der Waals surface area contributed by atoms with Gasteiger partial charge in [0, 0.05) is 5.75 Å². The van der Waals surface area contributed by atoms with Gasteiger partial charge in [-0.25, -0.2) is 0 Å². The molecule has 1 rings (SSSR count). The van der Waals surface area contributed by atoms with Crippen LogP contribution < -0.4 is 56.1 Å². The molecule has 0 saturated carbocycles. The first-order chi connectivity index (χ1) is 4.93. The summed E-state index contributed by atoms with van der Waals surface area (Å²) in [5.74, 6) is 0.735. The third kappa shape index (κ3) is 4.77. The summed E-state index contributed by atoms with van der Waals surface area (Å²) in [5.41, 5.74) is 0. The van der Waals surface area contributed by atoms with Crippen molar-refractivity contribution in [1.82, 2.24) is 0 Å². The Hall–Kier alpha value is 0.396. The van der Waals surface area contributed by atoms with Crippen LogP contribution in [0.15, 0.2) is 30.8 Å². The molecule has 2 heteroatoms. The second kappa shape index (κ2) is 7.07. The van der Waals surface area contributed by atoms with E-state index in [1.807, 2.05) is 18.2 Å². The van der Waals surface area contributed by atoms with Gasteiger partial charge < -0.3 is 10.8 Å². The molecule has 0 unspecified atom stereocenters. The van der Waals surface area contributed by atoms with E-state index in [4.69, 9.17) is 4.74 Å². The molecule has 52 valence electrons. The summed E-state index contributed by atoms with van der Waals surface area (Å²) in [6.07, 6.45) is 2.62. The van der Waals surface area contributed by atoms with Gasteiger partial charge in [0.25, 0.3) is 0 Å². The molecule has 1 aromatic carbocycles. The van der Waals surface area contributed by atoms with Crippen LogP contribution in [0.3, 0.4) is 0 Å². The van der Waals surface area contributed by atoms with Gasteiger partial charge in [-0.05, 0) is 6.61 Å². The van der Waals surface area contributed by atoms with Crippen LogP contribution in [-0.4, -0.2) is 6.61 Å². The predicted molar refractivity (Wildman–Crippen MR) is 39.6 cm³/mol. The maximum absolute atomic E-state index is 5.13. The summed E-state index contributed by atoms with van der Waals surface area (Å²) in [4.78, 5) is 0. The zero-order valence-electron chi connectivity index (χ0n) is 6.63. The van der Waals surface area contributed by atoms with Crippen molar-refractivity contribution in [3.63, 3.8) is 0 Å². The maximum atomic E-state index is 5.13. The maximum Gasteiger partial charge on any atom is 1.00 e. The van der Waals surface area contributed by atoms with Crippen molar-refractivity contribution in [2.45, 2.75) is 0 Å². The molecule has 0 aliphatic rings. The van der Waals surface area contributed by atoms with E-state index in [0.717, 1.165) is 5.75 Å². The van der Waals surface area contributed by atoms with E-state index in [9.17, 15) is 0 Å². The molecule has 0 aliphatic heterocycles. The van der Waals surface area contributed by atoms with Crippen molar-refractivity contribution in [2.75, 3.05) is 6.61 Å². The molecule has 0 fully saturated rings. The second-order valence-corrected chi connectivity index (χ2v) is 1.77. The molecule has 1 nitrogen and oxygen atoms in total. The standard InChI is InChI=1S/C9H8O.K/c1-2-8-10-9-6-4-3-5-7-9;/h3-6H,1,8H2;/q-2;+1. The number of rotatable bonds is 3. The smallest absolute Gasteiger partial charge is 0.550 e. The topological polar surface area (TPSA) is 9.23 Å². The van der Waals surface area contributed by atoms with Crippen molar-refractivity contribution in [1.29, 1.82) is 0 Å². The molecule has 1 aromatic rings. The summed E-state index contributed by atoms with van der Waals surface area (Å²) in [5, 5.41) is 0. The number of hydrogen-bond acceptors (Lipinski definition) is 1. The van der Waals surface area contributed by atoms with Gasteiger partial charge in [0.15, 0.2) is 0 Å². The fourth-order valence-corrected chi connectivity index (χ4v) is 0.595. The van der Waals surface area contributed by atoms with E-state index in [0.29, 0.717) is 6.61 Å². The van der Waals surface area contributed by atoms with E-state index in [-0.39, 0.29) is 51.4 Å². The van der Waals surface area contributed by atoms with Crippen LogP contribution in [0.1, 0.15) is 0 Å². The first-order valence-corrected chi connectivity index (χ1v) is 3.03. The van der Waals surface area contributed by atoms with E-state index in [1.54, 1.807) is 6.07 Å². The van der Waals surface area contributed by atoms with Gasteiger partial charge in [0.1, 0.15) is 0 Å². The molecule has 0 spiro atoms. The molecule has 0 aliphatic carbocycles. The van der Waals surface area contributed by atoms with Gasteiger partial charge in [-0.2, -0.15) is 18.2 Å². The minimum Gasteiger partial charge on any atom is -0.550 e. The van der Waals surface area contributed by atoms with Crippen molar-refractivity contribution in [3.8, 4) is 5.75 Å². The molecule has 0 heterocycles. The fraction of sp³-hybridized carbons (Fsp3) is 0.111. The van der Waals surface area contributed by atoms with Gasteiger partial charge in [0.05, 0.1) is 0 Å². The van der Waals surface area contributed by atoms with Gasteiger partial charge in [0.2, 0.25) is 0 Å². The van der Waals surface area contributed by atoms with Gasteiger partial charge in [-0.3, -0.25) is 6.58 Å². The van der Waals surface area contributed by atoms with E-state index in [1.165, 1.54) is 0 Å². The summed E-state index contributed by atoms with van der Waals surface area (Å²) < 4.78 is 5.13. The molecule has 0 atom stereocenters. The van der Waals surface area contributed by atoms with Crippen molar-refractivity contribution in [3.05, 3.63) is 43.0 Å². The van der Waals surface area contributed by atoms with Crippen molar-refractivity contribution < 1.29 is 56.1 Å². The van der Waals surface area contributed by atoms with Gasteiger partial charge >= 0.3 is 51.4 Å². The Morgan fingerprint density at radius 3 is 2.91 bits per heavy atom. The third-order valence-electron chi connectivity index (χ3n) is 1.01. The Kier molecular flexibility index (Phi) is 7.32. The summed E-state index contributed by atoms with van der Waals surface area (Å²) >= 11 is 0. The van der Waals surface area contributed by atoms with Crippen LogP contribution in [0, 0.1) is 12.1 Å². The minimum absolute atomic E-state index is 0. The van der Waals surface area contributed by atoms with Crippen molar-refractivity contribution in [2.24, 2.45) is 0 Å². The second-order valence-electron chi connectivity index (χ2n) is 1.77. The monoisotopic (exact) mass is 171 g/mol. The largest absolute Gasteiger partial charge is 1.00 e. The van der Waals surface area contributed by atoms with E-state index in [2.05, 4.69) is 18.7 Å². The van der Waals surface area contributed by atoms with E-state index < -0.39 is 0 Å². The molecule has 11 heavy (non-hydrogen) atoms. The third-order valence-corrected chi connectivity index (χ3v) is 1.01. The SMILES string of the molecule is C=[C-]COc1[c-]cccc1.[K+]. The van der Waals surface area contributed by atoms with Crippen LogP contribution in [0.25, 0.3) is 0 Å². The molecule has 0 radical (unpaired) electrons. The Labute approximate surface area is 110 Å². The number of para-hydroxylation sites is 1. The molecular weight excluding hydrogens is 163 g/mol. The Balaban J connectivity index is 0.000001000. The first-order valence-electron chi connectivity index (χ1n) is 3.03. The minimum atomic E-state index is 0. The van der Waals surface area contributed by atoms with Crippen LogP contribution >= 0.6 is 0 Å². The summed E-state index contributed by atoms with van der Waals surface area (Å²) in [6.45, 7) is 3.83. The number of hydrogen-bond donors (Lipinski definition) is 0. The zero-order chi connectivity index (χ0) is 7.23. The molecule has 0 N–H and O–H groups in total. The average molecular weight is 171 g/mol. The van der Waals surface area contributed by atoms with Crippen LogP contribution in [0.5, 0.6) is 5.75 Å². The molecule has 0 saturated heterocycles. The average Bonchev–Trinajstić information content (AvgIpc) is 2.03. The normalized spacial score (nSPS) is 8.00. The Morgan fingerprint density at radius 1 is 1.55 bits per heavy atom. The fourth-order valence-electron chi connectivity index (χ4n) is 0.595. The van der Waals surface area contributed by atoms with Gasteiger partial charge in [-0.1, -0.05) is 0 Å². The van der Waals surface area contributed by atoms with E-state index >= 15 is 0 Å². The summed E-state index contributed by atoms with van der Waals surface area (Å²) in [6, 6.07) is 10.4. The van der Waals surface area contributed by atoms with Crippen molar-refractivity contribution >= 4 is 0 Å². The number of benzene rings is 1. The summed E-state index contributed by atoms with van der Waals surface area (Å²) in [7, 11) is 0. The molecule has 0 aromatic heterocycles. The predicted octanol–water partition coefficient (Wildman–Crippen LogP) is -1.14. The quantitative estimate of drug-likeness (QED) is 0.412. The van der Waals surface area contributed by atoms with Gasteiger partial charge in [-0.15, -0.1) is 12.1 Å². The first kappa shape index (κ1) is 11.4. The molecular formula is C9H8KO-. The zero-order valence-corrected chi connectivity index (χ0v) is 9.75. The van der Waals surface area contributed by atoms with Crippen LogP contribution in [0.2, 0.25) is 0 Å². The van der Waals surface area contributed by atoms with Crippen LogP contribution in [0.4, 0.5) is 0 Å². The number of ether oxygens (including phenoxy) is 1. The molecule has 0 bridgehead atoms.